The van der Waals surface area contributed by atoms with Crippen LogP contribution in [0.3, 0.4) is 0 Å². The molecule has 0 amide bonds. The van der Waals surface area contributed by atoms with E-state index in [1.54, 1.807) is 0 Å². The molecule has 2 unspecified atom stereocenters. The van der Waals surface area contributed by atoms with Gasteiger partial charge in [0.05, 0.1) is 34.4 Å². The van der Waals surface area contributed by atoms with E-state index in [9.17, 15) is 19.5 Å². The molecule has 55 heavy (non-hydrogen) atoms. The number of hydrogen-bond acceptors (Lipinski definition) is 6. The predicted molar refractivity (Wildman–Crippen MR) is 229 cm³/mol. The van der Waals surface area contributed by atoms with Gasteiger partial charge < -0.3 is 23.8 Å². The quantitative estimate of drug-likeness (QED) is 0.0293. The second-order valence-electron chi connectivity index (χ2n) is 14.8. The average molecular weight is 769 g/mol. The van der Waals surface area contributed by atoms with Crippen molar-refractivity contribution in [3.8, 4) is 0 Å². The van der Waals surface area contributed by atoms with Crippen LogP contribution in [0, 0.1) is 0 Å². The summed E-state index contributed by atoms with van der Waals surface area (Å²) in [6.45, 7) is 4.42. The van der Waals surface area contributed by atoms with Crippen molar-refractivity contribution >= 4 is 17.9 Å². The lowest BCUT2D eigenvalue weighted by Gasteiger charge is -2.31. The number of unbranched alkanes of at least 4 members (excludes halogenated alkanes) is 8. The summed E-state index contributed by atoms with van der Waals surface area (Å²) in [6, 6.07) is -0.628. The SMILES string of the molecule is CC/C=C/C/C=C/C/C=C/C/C=C/C/C=C/CCCC(=O)OCC(COCCC(C(=O)O)[N+](C)(C)C)OC(=O)CCCCCCCCC/C=C/C/C=C/CC. The smallest absolute Gasteiger partial charge is 0.362 e. The fourth-order valence-corrected chi connectivity index (χ4v) is 5.57. The summed E-state index contributed by atoms with van der Waals surface area (Å²) in [4.78, 5) is 36.9. The standard InChI is InChI=1S/C47H77NO7/c1-6-8-10-12-14-16-18-20-22-23-24-26-27-29-31-33-35-37-45(49)54-42-43(41-53-40-39-44(47(51)52)48(3,4)5)55-46(50)38-36-34-32-30-28-25-21-19-17-15-13-11-9-7-2/h8-11,14-17,20,22,24,26,29,31,43-44H,6-7,12-13,18-19,21,23,25,27-28,30,32-42H2,1-5H3/p+1/b10-8+,11-9+,16-14+,17-15+,22-20+,26-24+,31-29+. The molecule has 0 saturated heterocycles. The van der Waals surface area contributed by atoms with Crippen LogP contribution >= 0.6 is 0 Å². The zero-order valence-corrected chi connectivity index (χ0v) is 35.3. The van der Waals surface area contributed by atoms with Crippen molar-refractivity contribution in [2.45, 2.75) is 154 Å². The number of carboxylic acid groups (broad SMARTS) is 1. The van der Waals surface area contributed by atoms with E-state index in [0.29, 0.717) is 19.3 Å². The molecular formula is C47H78NO7+. The summed E-state index contributed by atoms with van der Waals surface area (Å²) in [5, 5.41) is 9.61. The number of quaternary nitrogens is 1. The molecule has 0 heterocycles. The van der Waals surface area contributed by atoms with Crippen molar-refractivity contribution in [2.24, 2.45) is 0 Å². The molecule has 0 fully saturated rings. The fourth-order valence-electron chi connectivity index (χ4n) is 5.57. The molecule has 0 rings (SSSR count). The summed E-state index contributed by atoms with van der Waals surface area (Å²) < 4.78 is 17.2. The van der Waals surface area contributed by atoms with Crippen LogP contribution < -0.4 is 0 Å². The predicted octanol–water partition coefficient (Wildman–Crippen LogP) is 11.4. The van der Waals surface area contributed by atoms with Crippen LogP contribution in [0.2, 0.25) is 0 Å². The van der Waals surface area contributed by atoms with E-state index in [-0.39, 0.29) is 42.7 Å². The monoisotopic (exact) mass is 769 g/mol. The Labute approximate surface area is 335 Å². The molecule has 0 saturated carbocycles. The summed E-state index contributed by atoms with van der Waals surface area (Å²) in [5.41, 5.74) is 0. The second kappa shape index (κ2) is 37.4. The van der Waals surface area contributed by atoms with E-state index < -0.39 is 18.1 Å². The normalized spacial score (nSPS) is 13.8. The lowest BCUT2D eigenvalue weighted by molar-refractivity contribution is -0.887. The molecule has 0 aromatic rings. The molecule has 0 radical (unpaired) electrons. The Bertz CT molecular complexity index is 1170. The Kier molecular flexibility index (Phi) is 35.1. The molecule has 8 heteroatoms. The number of carbonyl (C=O) groups excluding carboxylic acids is 2. The minimum absolute atomic E-state index is 0.0349. The lowest BCUT2D eigenvalue weighted by atomic mass is 10.1. The second-order valence-corrected chi connectivity index (χ2v) is 14.8. The Morgan fingerprint density at radius 2 is 0.982 bits per heavy atom. The van der Waals surface area contributed by atoms with Crippen LogP contribution in [-0.2, 0) is 28.6 Å². The lowest BCUT2D eigenvalue weighted by Crippen LogP contribution is -2.50. The maximum absolute atomic E-state index is 12.7. The van der Waals surface area contributed by atoms with Crippen molar-refractivity contribution in [3.05, 3.63) is 85.1 Å². The van der Waals surface area contributed by atoms with Crippen LogP contribution in [0.4, 0.5) is 0 Å². The minimum atomic E-state index is -0.888. The van der Waals surface area contributed by atoms with Gasteiger partial charge in [0.1, 0.15) is 6.61 Å². The van der Waals surface area contributed by atoms with Crippen LogP contribution in [-0.4, -0.2) is 80.6 Å². The molecule has 2 atom stereocenters. The number of aliphatic carboxylic acids is 1. The number of likely N-dealkylation sites (N-methyl/N-ethyl adjacent to an activating group) is 1. The number of rotatable bonds is 36. The first kappa shape index (κ1) is 51.5. The molecule has 0 aromatic heterocycles. The van der Waals surface area contributed by atoms with Gasteiger partial charge in [0, 0.05) is 19.3 Å². The number of esters is 2. The number of allylic oxidation sites excluding steroid dienone is 14. The van der Waals surface area contributed by atoms with E-state index >= 15 is 0 Å². The summed E-state index contributed by atoms with van der Waals surface area (Å²) in [5.74, 6) is -1.57. The molecular weight excluding hydrogens is 691 g/mol. The Morgan fingerprint density at radius 3 is 1.47 bits per heavy atom. The number of carboxylic acids is 1. The minimum Gasteiger partial charge on any atom is -0.477 e. The largest absolute Gasteiger partial charge is 0.477 e. The average Bonchev–Trinajstić information content (AvgIpc) is 3.14. The number of hydrogen-bond donors (Lipinski definition) is 1. The summed E-state index contributed by atoms with van der Waals surface area (Å²) in [6.07, 6.45) is 47.8. The molecule has 1 N–H and O–H groups in total. The van der Waals surface area contributed by atoms with Crippen molar-refractivity contribution < 1.29 is 38.2 Å². The van der Waals surface area contributed by atoms with Crippen LogP contribution in [0.15, 0.2) is 85.1 Å². The third-order valence-electron chi connectivity index (χ3n) is 8.79. The molecule has 0 aromatic carbocycles. The van der Waals surface area contributed by atoms with Gasteiger partial charge in [0.25, 0.3) is 0 Å². The van der Waals surface area contributed by atoms with Crippen LogP contribution in [0.25, 0.3) is 0 Å². The Hall–Kier alpha value is -3.49. The van der Waals surface area contributed by atoms with E-state index in [0.717, 1.165) is 83.5 Å². The third kappa shape index (κ3) is 35.9. The summed E-state index contributed by atoms with van der Waals surface area (Å²) in [7, 11) is 5.49. The van der Waals surface area contributed by atoms with Gasteiger partial charge in [0.2, 0.25) is 0 Å². The first-order valence-corrected chi connectivity index (χ1v) is 21.1. The highest BCUT2D eigenvalue weighted by molar-refractivity contribution is 5.72. The molecule has 0 aliphatic heterocycles. The first-order chi connectivity index (χ1) is 26.6. The van der Waals surface area contributed by atoms with Gasteiger partial charge in [-0.3, -0.25) is 9.59 Å². The van der Waals surface area contributed by atoms with Crippen molar-refractivity contribution in [3.63, 3.8) is 0 Å². The van der Waals surface area contributed by atoms with E-state index in [2.05, 4.69) is 98.9 Å². The van der Waals surface area contributed by atoms with Crippen LogP contribution in [0.5, 0.6) is 0 Å². The van der Waals surface area contributed by atoms with Gasteiger partial charge in [-0.25, -0.2) is 4.79 Å². The Balaban J connectivity index is 4.49. The zero-order chi connectivity index (χ0) is 40.7. The topological polar surface area (TPSA) is 99.1 Å². The molecule has 0 spiro atoms. The highest BCUT2D eigenvalue weighted by Crippen LogP contribution is 2.13. The fraction of sp³-hybridized carbons (Fsp3) is 0.638. The molecule has 0 aliphatic rings. The Morgan fingerprint density at radius 1 is 0.545 bits per heavy atom. The van der Waals surface area contributed by atoms with Gasteiger partial charge in [-0.15, -0.1) is 0 Å². The van der Waals surface area contributed by atoms with Crippen molar-refractivity contribution in [1.82, 2.24) is 0 Å². The zero-order valence-electron chi connectivity index (χ0n) is 35.3. The molecule has 312 valence electrons. The van der Waals surface area contributed by atoms with Gasteiger partial charge in [-0.1, -0.05) is 131 Å². The highest BCUT2D eigenvalue weighted by Gasteiger charge is 2.31. The number of carbonyl (C=O) groups is 3. The van der Waals surface area contributed by atoms with Gasteiger partial charge in [-0.2, -0.15) is 0 Å². The van der Waals surface area contributed by atoms with Crippen molar-refractivity contribution in [2.75, 3.05) is 41.0 Å². The maximum Gasteiger partial charge on any atom is 0.362 e. The maximum atomic E-state index is 12.7. The van der Waals surface area contributed by atoms with Crippen molar-refractivity contribution in [1.29, 1.82) is 0 Å². The highest BCUT2D eigenvalue weighted by atomic mass is 16.6. The van der Waals surface area contributed by atoms with Crippen LogP contribution in [0.1, 0.15) is 142 Å². The molecule has 8 nitrogen and oxygen atoms in total. The molecule has 0 bridgehead atoms. The number of ether oxygens (including phenoxy) is 3. The van der Waals surface area contributed by atoms with E-state index in [4.69, 9.17) is 14.2 Å². The molecule has 0 aliphatic carbocycles. The van der Waals surface area contributed by atoms with E-state index in [1.165, 1.54) is 19.3 Å². The first-order valence-electron chi connectivity index (χ1n) is 21.1. The van der Waals surface area contributed by atoms with Gasteiger partial charge in [-0.05, 0) is 77.0 Å². The third-order valence-corrected chi connectivity index (χ3v) is 8.79. The number of nitrogens with zero attached hydrogens (tertiary/aromatic N) is 1. The van der Waals surface area contributed by atoms with Gasteiger partial charge in [0.15, 0.2) is 12.1 Å². The van der Waals surface area contributed by atoms with Gasteiger partial charge >= 0.3 is 17.9 Å². The van der Waals surface area contributed by atoms with E-state index in [1.807, 2.05) is 21.1 Å². The summed E-state index contributed by atoms with van der Waals surface area (Å²) >= 11 is 0.